The Bertz CT molecular complexity index is 178. The smallest absolute Gasteiger partial charge is 0.0869 e. The third-order valence-corrected chi connectivity index (χ3v) is 2.83. The van der Waals surface area contributed by atoms with Crippen LogP contribution in [0.25, 0.3) is 0 Å². The van der Waals surface area contributed by atoms with E-state index in [4.69, 9.17) is 0 Å². The second-order valence-electron chi connectivity index (χ2n) is 4.93. The van der Waals surface area contributed by atoms with E-state index in [0.717, 1.165) is 19.6 Å². The van der Waals surface area contributed by atoms with Gasteiger partial charge >= 0.3 is 0 Å². The molecule has 0 bridgehead atoms. The molecule has 0 radical (unpaired) electrons. The Morgan fingerprint density at radius 1 is 1.31 bits per heavy atom. The molecule has 0 aromatic heterocycles. The zero-order valence-electron chi connectivity index (χ0n) is 9.22. The molecule has 0 saturated carbocycles. The van der Waals surface area contributed by atoms with Crippen LogP contribution in [0.4, 0.5) is 0 Å². The lowest BCUT2D eigenvalue weighted by Crippen LogP contribution is -2.50. The Morgan fingerprint density at radius 3 is 2.46 bits per heavy atom. The minimum Gasteiger partial charge on any atom is -0.388 e. The first-order chi connectivity index (χ1) is 5.87. The Hall–Kier alpha value is -0.120. The number of rotatable bonds is 1. The lowest BCUT2D eigenvalue weighted by molar-refractivity contribution is 0.0126. The Morgan fingerprint density at radius 2 is 1.92 bits per heavy atom. The maximum atomic E-state index is 9.98. The highest BCUT2D eigenvalue weighted by molar-refractivity contribution is 4.93. The summed E-state index contributed by atoms with van der Waals surface area (Å²) in [6, 6.07) is 0. The van der Waals surface area contributed by atoms with Crippen LogP contribution in [0.5, 0.6) is 0 Å². The van der Waals surface area contributed by atoms with E-state index in [9.17, 15) is 5.11 Å². The quantitative estimate of drug-likeness (QED) is 0.624. The van der Waals surface area contributed by atoms with Gasteiger partial charge in [0.15, 0.2) is 0 Å². The van der Waals surface area contributed by atoms with Gasteiger partial charge in [0.05, 0.1) is 5.60 Å². The first-order valence-electron chi connectivity index (χ1n) is 5.05. The lowest BCUT2D eigenvalue weighted by atomic mass is 10.0. The topological polar surface area (TPSA) is 35.5 Å². The van der Waals surface area contributed by atoms with Crippen LogP contribution in [0, 0.1) is 0 Å². The number of β-amino-alcohol motifs (C(OH)–C–C–N with tert-alkyl or cyclic N) is 1. The van der Waals surface area contributed by atoms with Crippen LogP contribution in [0.3, 0.4) is 0 Å². The predicted octanol–water partition coefficient (Wildman–Crippen LogP) is 0.441. The van der Waals surface area contributed by atoms with E-state index >= 15 is 0 Å². The molecule has 13 heavy (non-hydrogen) atoms. The van der Waals surface area contributed by atoms with E-state index in [-0.39, 0.29) is 5.54 Å². The largest absolute Gasteiger partial charge is 0.388 e. The highest BCUT2D eigenvalue weighted by Gasteiger charge is 2.35. The zero-order valence-corrected chi connectivity index (χ0v) is 9.22. The first kappa shape index (κ1) is 11.0. The molecule has 3 nitrogen and oxygen atoms in total. The van der Waals surface area contributed by atoms with Crippen molar-refractivity contribution < 1.29 is 5.11 Å². The Labute approximate surface area is 81.1 Å². The average molecular weight is 186 g/mol. The third-order valence-electron chi connectivity index (χ3n) is 2.83. The molecule has 3 heteroatoms. The second kappa shape index (κ2) is 3.56. The maximum Gasteiger partial charge on any atom is 0.0869 e. The van der Waals surface area contributed by atoms with Crippen molar-refractivity contribution in [3.63, 3.8) is 0 Å². The van der Waals surface area contributed by atoms with Gasteiger partial charge in [-0.1, -0.05) is 6.92 Å². The summed E-state index contributed by atoms with van der Waals surface area (Å²) in [6.07, 6.45) is 0. The van der Waals surface area contributed by atoms with Crippen LogP contribution in [0.2, 0.25) is 0 Å². The fourth-order valence-electron chi connectivity index (χ4n) is 1.97. The van der Waals surface area contributed by atoms with Crippen molar-refractivity contribution in [2.75, 3.05) is 26.2 Å². The molecular formula is C10H22N2O. The van der Waals surface area contributed by atoms with Crippen molar-refractivity contribution in [3.05, 3.63) is 0 Å². The number of hydrogen-bond acceptors (Lipinski definition) is 3. The number of nitrogens with one attached hydrogen (secondary N) is 1. The molecule has 1 aliphatic rings. The molecule has 1 atom stereocenters. The van der Waals surface area contributed by atoms with Gasteiger partial charge in [-0.15, -0.1) is 0 Å². The summed E-state index contributed by atoms with van der Waals surface area (Å²) in [5.74, 6) is 0. The average Bonchev–Trinajstić information content (AvgIpc) is 2.07. The van der Waals surface area contributed by atoms with E-state index < -0.39 is 5.60 Å². The van der Waals surface area contributed by atoms with E-state index in [1.54, 1.807) is 0 Å². The summed E-state index contributed by atoms with van der Waals surface area (Å²) in [5.41, 5.74) is -0.445. The van der Waals surface area contributed by atoms with Crippen LogP contribution in [-0.2, 0) is 0 Å². The van der Waals surface area contributed by atoms with Crippen LogP contribution in [0.15, 0.2) is 0 Å². The summed E-state index contributed by atoms with van der Waals surface area (Å²) in [5, 5.41) is 13.3. The van der Waals surface area contributed by atoms with Gasteiger partial charge in [-0.2, -0.15) is 0 Å². The van der Waals surface area contributed by atoms with Crippen molar-refractivity contribution >= 4 is 0 Å². The molecule has 0 aromatic rings. The molecule has 1 heterocycles. The molecule has 1 fully saturated rings. The monoisotopic (exact) mass is 186 g/mol. The van der Waals surface area contributed by atoms with Gasteiger partial charge in [-0.05, 0) is 27.3 Å². The second-order valence-corrected chi connectivity index (χ2v) is 4.93. The summed E-state index contributed by atoms with van der Waals surface area (Å²) in [4.78, 5) is 2.33. The number of hydrogen-bond donors (Lipinski definition) is 2. The molecule has 2 N–H and O–H groups in total. The van der Waals surface area contributed by atoms with Crippen molar-refractivity contribution in [1.29, 1.82) is 0 Å². The van der Waals surface area contributed by atoms with Crippen molar-refractivity contribution in [2.24, 2.45) is 0 Å². The molecule has 78 valence electrons. The zero-order chi connectivity index (χ0) is 10.1. The van der Waals surface area contributed by atoms with Crippen molar-refractivity contribution in [2.45, 2.75) is 38.8 Å². The minimum absolute atomic E-state index is 0.148. The van der Waals surface area contributed by atoms with Crippen LogP contribution in [0.1, 0.15) is 27.7 Å². The van der Waals surface area contributed by atoms with Gasteiger partial charge in [0.1, 0.15) is 0 Å². The fourth-order valence-corrected chi connectivity index (χ4v) is 1.97. The molecule has 0 aromatic carbocycles. The standard InChI is InChI=1S/C10H22N2O/c1-5-12-8-10(4,13)7-11-6-9(12,2)3/h11,13H,5-8H2,1-4H3. The summed E-state index contributed by atoms with van der Waals surface area (Å²) < 4.78 is 0. The normalized spacial score (nSPS) is 35.8. The van der Waals surface area contributed by atoms with Gasteiger partial charge in [-0.3, -0.25) is 4.90 Å². The highest BCUT2D eigenvalue weighted by Crippen LogP contribution is 2.19. The number of likely N-dealkylation sites (N-methyl/N-ethyl adjacent to an activating group) is 1. The summed E-state index contributed by atoms with van der Waals surface area (Å²) in [6.45, 7) is 11.8. The Balaban J connectivity index is 2.74. The predicted molar refractivity (Wildman–Crippen MR) is 54.8 cm³/mol. The fraction of sp³-hybridized carbons (Fsp3) is 1.00. The molecule has 0 amide bonds. The summed E-state index contributed by atoms with van der Waals surface area (Å²) in [7, 11) is 0. The molecule has 0 spiro atoms. The van der Waals surface area contributed by atoms with E-state index in [0.29, 0.717) is 6.54 Å². The van der Waals surface area contributed by atoms with Crippen LogP contribution >= 0.6 is 0 Å². The SMILES string of the molecule is CCN1CC(C)(O)CNCC1(C)C. The lowest BCUT2D eigenvalue weighted by Gasteiger charge is -2.38. The molecule has 1 unspecified atom stereocenters. The van der Waals surface area contributed by atoms with Crippen LogP contribution in [-0.4, -0.2) is 47.3 Å². The van der Waals surface area contributed by atoms with Gasteiger partial charge in [-0.25, -0.2) is 0 Å². The number of nitrogens with zero attached hydrogens (tertiary/aromatic N) is 1. The van der Waals surface area contributed by atoms with Gasteiger partial charge in [0.25, 0.3) is 0 Å². The van der Waals surface area contributed by atoms with Crippen molar-refractivity contribution in [1.82, 2.24) is 10.2 Å². The minimum atomic E-state index is -0.593. The molecule has 1 saturated heterocycles. The van der Waals surface area contributed by atoms with Gasteiger partial charge in [0.2, 0.25) is 0 Å². The highest BCUT2D eigenvalue weighted by atomic mass is 16.3. The van der Waals surface area contributed by atoms with E-state index in [1.165, 1.54) is 0 Å². The summed E-state index contributed by atoms with van der Waals surface area (Å²) >= 11 is 0. The van der Waals surface area contributed by atoms with E-state index in [2.05, 4.69) is 31.0 Å². The maximum absolute atomic E-state index is 9.98. The van der Waals surface area contributed by atoms with Gasteiger partial charge in [0, 0.05) is 25.2 Å². The number of aliphatic hydroxyl groups is 1. The first-order valence-corrected chi connectivity index (χ1v) is 5.05. The molecule has 1 rings (SSSR count). The van der Waals surface area contributed by atoms with E-state index in [1.807, 2.05) is 6.92 Å². The molecule has 1 aliphatic heterocycles. The Kier molecular flexibility index (Phi) is 3.00. The molecule has 0 aliphatic carbocycles. The van der Waals surface area contributed by atoms with Gasteiger partial charge < -0.3 is 10.4 Å². The molecular weight excluding hydrogens is 164 g/mol. The third kappa shape index (κ3) is 2.66. The van der Waals surface area contributed by atoms with Crippen molar-refractivity contribution in [3.8, 4) is 0 Å². The van der Waals surface area contributed by atoms with Crippen LogP contribution < -0.4 is 5.32 Å².